The molecule has 0 saturated heterocycles. The van der Waals surface area contributed by atoms with E-state index in [9.17, 15) is 4.39 Å². The van der Waals surface area contributed by atoms with Crippen molar-refractivity contribution in [2.75, 3.05) is 7.05 Å². The number of nitrogens with one attached hydrogen (secondary N) is 1. The van der Waals surface area contributed by atoms with Crippen LogP contribution in [0.2, 0.25) is 0 Å². The van der Waals surface area contributed by atoms with Crippen molar-refractivity contribution in [3.63, 3.8) is 0 Å². The van der Waals surface area contributed by atoms with Gasteiger partial charge in [-0.2, -0.15) is 5.10 Å². The average Bonchev–Trinajstić information content (AvgIpc) is 3.20. The number of aromatic nitrogens is 5. The van der Waals surface area contributed by atoms with Crippen LogP contribution >= 0.6 is 12.2 Å². The molecule has 8 heteroatoms. The molecule has 0 amide bonds. The molecule has 0 saturated carbocycles. The molecule has 0 spiro atoms. The number of nitrogens with zero attached hydrogens (tertiary/aromatic N) is 5. The zero-order valence-electron chi connectivity index (χ0n) is 16.6. The van der Waals surface area contributed by atoms with E-state index in [-0.39, 0.29) is 0 Å². The molecule has 0 radical (unpaired) electrons. The smallest absolute Gasteiger partial charge is 0.250 e. The third-order valence-corrected chi connectivity index (χ3v) is 5.53. The number of hydrogen-bond acceptors (Lipinski definition) is 5. The fraction of sp³-hybridized carbons (Fsp3) is 0.0870. The van der Waals surface area contributed by atoms with Crippen molar-refractivity contribution in [1.82, 2.24) is 29.9 Å². The Hall–Kier alpha value is -3.78. The highest BCUT2D eigenvalue weighted by Gasteiger charge is 2.13. The minimum Gasteiger partial charge on any atom is -0.379 e. The molecule has 152 valence electrons. The van der Waals surface area contributed by atoms with Gasteiger partial charge < -0.3 is 5.32 Å². The summed E-state index contributed by atoms with van der Waals surface area (Å²) in [6.45, 7) is 0. The van der Waals surface area contributed by atoms with Crippen molar-refractivity contribution in [3.05, 3.63) is 89.8 Å². The van der Waals surface area contributed by atoms with Gasteiger partial charge in [-0.05, 0) is 35.9 Å². The van der Waals surface area contributed by atoms with Crippen molar-refractivity contribution in [3.8, 4) is 11.3 Å². The quantitative estimate of drug-likeness (QED) is 0.437. The Morgan fingerprint density at radius 1 is 1.06 bits per heavy atom. The largest absolute Gasteiger partial charge is 0.379 e. The number of halogens is 1. The van der Waals surface area contributed by atoms with Crippen LogP contribution in [0.3, 0.4) is 0 Å². The fourth-order valence-electron chi connectivity index (χ4n) is 3.52. The second kappa shape index (κ2) is 7.81. The summed E-state index contributed by atoms with van der Waals surface area (Å²) in [6, 6.07) is 14.9. The Morgan fingerprint density at radius 3 is 2.77 bits per heavy atom. The minimum absolute atomic E-state index is 0.355. The molecule has 5 aromatic rings. The van der Waals surface area contributed by atoms with E-state index in [2.05, 4.69) is 31.4 Å². The molecule has 0 fully saturated rings. The highest BCUT2D eigenvalue weighted by Crippen LogP contribution is 2.23. The number of pyridine rings is 1. The van der Waals surface area contributed by atoms with Crippen LogP contribution in [0.5, 0.6) is 0 Å². The predicted molar refractivity (Wildman–Crippen MR) is 121 cm³/mol. The van der Waals surface area contributed by atoms with Crippen molar-refractivity contribution >= 4 is 33.9 Å². The maximum absolute atomic E-state index is 14.8. The first kappa shape index (κ1) is 19.2. The van der Waals surface area contributed by atoms with Crippen molar-refractivity contribution in [2.24, 2.45) is 0 Å². The van der Waals surface area contributed by atoms with E-state index in [0.717, 1.165) is 22.2 Å². The van der Waals surface area contributed by atoms with E-state index in [1.165, 1.54) is 12.3 Å². The zero-order chi connectivity index (χ0) is 21.4. The van der Waals surface area contributed by atoms with Gasteiger partial charge in [-0.1, -0.05) is 30.4 Å². The maximum Gasteiger partial charge on any atom is 0.250 e. The van der Waals surface area contributed by atoms with Crippen LogP contribution in [-0.2, 0) is 6.42 Å². The van der Waals surface area contributed by atoms with Crippen LogP contribution in [0, 0.1) is 5.82 Å². The normalized spacial score (nSPS) is 11.2. The lowest BCUT2D eigenvalue weighted by molar-refractivity contribution is 0.629. The third kappa shape index (κ3) is 3.62. The summed E-state index contributed by atoms with van der Waals surface area (Å²) >= 11 is 5.18. The minimum atomic E-state index is -0.410. The van der Waals surface area contributed by atoms with Gasteiger partial charge in [0.05, 0.1) is 23.6 Å². The summed E-state index contributed by atoms with van der Waals surface area (Å²) in [6.07, 6.45) is 5.67. The van der Waals surface area contributed by atoms with E-state index in [1.54, 1.807) is 36.1 Å². The Balaban J connectivity index is 1.51. The maximum atomic E-state index is 14.8. The van der Waals surface area contributed by atoms with Gasteiger partial charge in [0.25, 0.3) is 5.78 Å². The Morgan fingerprint density at radius 2 is 1.94 bits per heavy atom. The molecular formula is C23H17FN6S. The molecule has 3 aromatic heterocycles. The lowest BCUT2D eigenvalue weighted by Gasteiger charge is -2.08. The first-order valence-corrected chi connectivity index (χ1v) is 10.1. The van der Waals surface area contributed by atoms with E-state index < -0.39 is 5.82 Å². The van der Waals surface area contributed by atoms with Crippen LogP contribution in [0.4, 0.5) is 4.39 Å². The fourth-order valence-corrected chi connectivity index (χ4v) is 3.64. The molecule has 5 rings (SSSR count). The Labute approximate surface area is 182 Å². The molecule has 0 bridgehead atoms. The van der Waals surface area contributed by atoms with Crippen LogP contribution in [0.25, 0.3) is 27.9 Å². The predicted octanol–water partition coefficient (Wildman–Crippen LogP) is 3.96. The first-order chi connectivity index (χ1) is 15.1. The molecule has 0 aliphatic rings. The lowest BCUT2D eigenvalue weighted by atomic mass is 10.1. The van der Waals surface area contributed by atoms with Gasteiger partial charge in [0, 0.05) is 36.2 Å². The first-order valence-electron chi connectivity index (χ1n) is 9.68. The molecule has 0 atom stereocenters. The number of fused-ring (bicyclic) bond motifs is 2. The van der Waals surface area contributed by atoms with Gasteiger partial charge in [0.1, 0.15) is 16.5 Å². The number of rotatable bonds is 4. The number of thiocarbonyl (C=S) groups is 1. The molecule has 1 N–H and O–H groups in total. The molecule has 3 heterocycles. The van der Waals surface area contributed by atoms with Crippen molar-refractivity contribution < 1.29 is 4.39 Å². The van der Waals surface area contributed by atoms with Crippen LogP contribution in [0.1, 0.15) is 16.8 Å². The highest BCUT2D eigenvalue weighted by atomic mass is 32.1. The average molecular weight is 428 g/mol. The van der Waals surface area contributed by atoms with Gasteiger partial charge >= 0.3 is 0 Å². The van der Waals surface area contributed by atoms with E-state index in [0.29, 0.717) is 34.0 Å². The number of benzene rings is 2. The summed E-state index contributed by atoms with van der Waals surface area (Å²) in [4.78, 5) is 13.5. The van der Waals surface area contributed by atoms with Crippen LogP contribution in [0.15, 0.2) is 67.1 Å². The Bertz CT molecular complexity index is 1450. The molecule has 31 heavy (non-hydrogen) atoms. The summed E-state index contributed by atoms with van der Waals surface area (Å²) < 4.78 is 16.4. The molecular weight excluding hydrogens is 411 g/mol. The summed E-state index contributed by atoms with van der Waals surface area (Å²) in [5.74, 6) is 0.0574. The molecule has 0 aliphatic heterocycles. The zero-order valence-corrected chi connectivity index (χ0v) is 17.4. The number of hydrogen-bond donors (Lipinski definition) is 1. The number of imidazole rings is 1. The van der Waals surface area contributed by atoms with Crippen molar-refractivity contribution in [1.29, 1.82) is 0 Å². The Kier molecular flexibility index (Phi) is 4.83. The highest BCUT2D eigenvalue weighted by molar-refractivity contribution is 7.80. The molecule has 0 aliphatic carbocycles. The topological polar surface area (TPSA) is 68.0 Å². The second-order valence-electron chi connectivity index (χ2n) is 7.09. The standard InChI is InChI=1S/C23H17FN6S/c1-25-22(31)16-5-6-18(19(24)11-16)21-13-28-23-27-12-17(30(23)29-21)10-14-4-7-20-15(9-14)3-2-8-26-20/h2-9,11-13H,10H2,1H3,(H,25,31). The van der Waals surface area contributed by atoms with Gasteiger partial charge in [-0.25, -0.2) is 18.9 Å². The van der Waals surface area contributed by atoms with Gasteiger partial charge in [0.15, 0.2) is 0 Å². The summed E-state index contributed by atoms with van der Waals surface area (Å²) in [5, 5.41) is 8.53. The van der Waals surface area contributed by atoms with E-state index in [4.69, 9.17) is 12.2 Å². The lowest BCUT2D eigenvalue weighted by Crippen LogP contribution is -2.16. The summed E-state index contributed by atoms with van der Waals surface area (Å²) in [7, 11) is 1.71. The third-order valence-electron chi connectivity index (χ3n) is 5.09. The van der Waals surface area contributed by atoms with E-state index in [1.807, 2.05) is 24.3 Å². The SMILES string of the molecule is CNC(=S)c1ccc(-c2cnc3ncc(Cc4ccc5ncccc5c4)n3n2)c(F)c1. The van der Waals surface area contributed by atoms with Crippen LogP contribution < -0.4 is 5.32 Å². The second-order valence-corrected chi connectivity index (χ2v) is 7.49. The molecule has 2 aromatic carbocycles. The monoisotopic (exact) mass is 428 g/mol. The van der Waals surface area contributed by atoms with Gasteiger partial charge in [-0.3, -0.25) is 4.98 Å². The van der Waals surface area contributed by atoms with Gasteiger partial charge in [0.2, 0.25) is 0 Å². The van der Waals surface area contributed by atoms with E-state index >= 15 is 0 Å². The van der Waals surface area contributed by atoms with Crippen molar-refractivity contribution in [2.45, 2.75) is 6.42 Å². The summed E-state index contributed by atoms with van der Waals surface area (Å²) in [5.41, 5.74) is 4.30. The van der Waals surface area contributed by atoms with Crippen LogP contribution in [-0.4, -0.2) is 36.6 Å². The van der Waals surface area contributed by atoms with Gasteiger partial charge in [-0.15, -0.1) is 0 Å². The molecule has 6 nitrogen and oxygen atoms in total. The molecule has 0 unspecified atom stereocenters.